The highest BCUT2D eigenvalue weighted by Gasteiger charge is 2.33. The largest absolute Gasteiger partial charge is 0.481 e. The maximum Gasteiger partial charge on any atom is 0.291 e. The average Bonchev–Trinajstić information content (AvgIpc) is 3.39. The van der Waals surface area contributed by atoms with Crippen molar-refractivity contribution in [3.05, 3.63) is 65.4 Å². The summed E-state index contributed by atoms with van der Waals surface area (Å²) in [6.07, 6.45) is 4.37. The zero-order valence-electron chi connectivity index (χ0n) is 18.0. The van der Waals surface area contributed by atoms with E-state index in [9.17, 15) is 9.59 Å². The molecule has 0 spiro atoms. The standard InChI is InChI=1S/C23H24N6O3/c1-28-18-13-24-20(32-2)12-15(18)8-9-16(23(28)31)25-22(30)21-26-19-11-10-17(29(19)27-21)14-6-4-3-5-7-14/h3-7,12-13,16-17H,8-11H2,1-2H3,(H,25,30)/t16-,17-/m1/s1. The zero-order chi connectivity index (χ0) is 22.2. The molecule has 1 N–H and O–H groups in total. The highest BCUT2D eigenvalue weighted by molar-refractivity contribution is 6.01. The molecule has 1 aromatic carbocycles. The normalized spacial score (nSPS) is 19.8. The van der Waals surface area contributed by atoms with Crippen molar-refractivity contribution in [3.8, 4) is 5.88 Å². The molecule has 2 aliphatic heterocycles. The lowest BCUT2D eigenvalue weighted by molar-refractivity contribution is -0.120. The van der Waals surface area contributed by atoms with Crippen LogP contribution in [0, 0.1) is 0 Å². The number of carbonyl (C=O) groups is 2. The van der Waals surface area contributed by atoms with Crippen molar-refractivity contribution in [2.45, 2.75) is 37.8 Å². The van der Waals surface area contributed by atoms with Gasteiger partial charge in [0.1, 0.15) is 11.9 Å². The molecule has 0 radical (unpaired) electrons. The van der Waals surface area contributed by atoms with Gasteiger partial charge in [-0.05, 0) is 30.4 Å². The Labute approximate surface area is 185 Å². The van der Waals surface area contributed by atoms with Crippen molar-refractivity contribution in [1.29, 1.82) is 0 Å². The van der Waals surface area contributed by atoms with Crippen molar-refractivity contribution in [1.82, 2.24) is 25.1 Å². The van der Waals surface area contributed by atoms with Gasteiger partial charge in [-0.1, -0.05) is 30.3 Å². The molecule has 32 heavy (non-hydrogen) atoms. The second kappa shape index (κ2) is 8.07. The molecule has 9 heteroatoms. The number of rotatable bonds is 4. The Morgan fingerprint density at radius 2 is 2.00 bits per heavy atom. The van der Waals surface area contributed by atoms with Crippen LogP contribution in [0.15, 0.2) is 42.6 Å². The summed E-state index contributed by atoms with van der Waals surface area (Å²) in [7, 11) is 3.24. The topological polar surface area (TPSA) is 102 Å². The minimum atomic E-state index is -0.672. The molecule has 2 amide bonds. The first kappa shape index (κ1) is 20.2. The number of fused-ring (bicyclic) bond motifs is 2. The summed E-state index contributed by atoms with van der Waals surface area (Å²) in [5.74, 6) is 0.752. The molecule has 0 aliphatic carbocycles. The first-order valence-corrected chi connectivity index (χ1v) is 10.7. The fraction of sp³-hybridized carbons (Fsp3) is 0.348. The van der Waals surface area contributed by atoms with E-state index in [2.05, 4.69) is 32.5 Å². The number of benzene rings is 1. The number of ether oxygens (including phenoxy) is 1. The van der Waals surface area contributed by atoms with E-state index in [-0.39, 0.29) is 17.8 Å². The van der Waals surface area contributed by atoms with Gasteiger partial charge in [-0.2, -0.15) is 0 Å². The third kappa shape index (κ3) is 3.49. The minimum Gasteiger partial charge on any atom is -0.481 e. The summed E-state index contributed by atoms with van der Waals surface area (Å²) in [5, 5.41) is 7.33. The van der Waals surface area contributed by atoms with E-state index in [1.165, 1.54) is 4.90 Å². The lowest BCUT2D eigenvalue weighted by Crippen LogP contribution is -2.47. The van der Waals surface area contributed by atoms with Crippen molar-refractivity contribution in [3.63, 3.8) is 0 Å². The molecule has 4 heterocycles. The van der Waals surface area contributed by atoms with Gasteiger partial charge in [0.05, 0.1) is 25.0 Å². The van der Waals surface area contributed by atoms with Gasteiger partial charge >= 0.3 is 0 Å². The van der Waals surface area contributed by atoms with Crippen molar-refractivity contribution in [2.75, 3.05) is 19.1 Å². The molecule has 0 saturated carbocycles. The third-order valence-corrected chi connectivity index (χ3v) is 6.17. The highest BCUT2D eigenvalue weighted by atomic mass is 16.5. The number of likely N-dealkylation sites (N-methyl/N-ethyl adjacent to an activating group) is 1. The predicted molar refractivity (Wildman–Crippen MR) is 117 cm³/mol. The summed E-state index contributed by atoms with van der Waals surface area (Å²) in [6.45, 7) is 0. The zero-order valence-corrected chi connectivity index (χ0v) is 18.0. The fourth-order valence-electron chi connectivity index (χ4n) is 4.46. The number of hydrogen-bond donors (Lipinski definition) is 1. The van der Waals surface area contributed by atoms with Crippen LogP contribution >= 0.6 is 0 Å². The highest BCUT2D eigenvalue weighted by Crippen LogP contribution is 2.30. The number of aryl methyl sites for hydroxylation is 2. The van der Waals surface area contributed by atoms with Gasteiger partial charge in [-0.25, -0.2) is 14.6 Å². The smallest absolute Gasteiger partial charge is 0.291 e. The summed E-state index contributed by atoms with van der Waals surface area (Å²) in [6, 6.07) is 11.3. The molecule has 3 aromatic rings. The number of hydrogen-bond acceptors (Lipinski definition) is 6. The Morgan fingerprint density at radius 3 is 2.78 bits per heavy atom. The molecule has 5 rings (SSSR count). The average molecular weight is 432 g/mol. The molecule has 2 aliphatic rings. The summed E-state index contributed by atoms with van der Waals surface area (Å²) in [5.41, 5.74) is 2.82. The minimum absolute atomic E-state index is 0.0721. The Balaban J connectivity index is 1.33. The molecule has 2 atom stereocenters. The molecule has 0 unspecified atom stereocenters. The van der Waals surface area contributed by atoms with Crippen LogP contribution in [-0.2, 0) is 17.6 Å². The number of methoxy groups -OCH3 is 1. The Hall–Kier alpha value is -3.75. The number of aromatic nitrogens is 4. The van der Waals surface area contributed by atoms with Gasteiger partial charge in [-0.3, -0.25) is 9.59 Å². The van der Waals surface area contributed by atoms with Crippen LogP contribution in [0.2, 0.25) is 0 Å². The van der Waals surface area contributed by atoms with Crippen molar-refractivity contribution >= 4 is 17.5 Å². The van der Waals surface area contributed by atoms with Crippen LogP contribution in [0.25, 0.3) is 0 Å². The van der Waals surface area contributed by atoms with E-state index in [4.69, 9.17) is 4.74 Å². The van der Waals surface area contributed by atoms with Gasteiger partial charge in [0.15, 0.2) is 0 Å². The Bertz CT molecular complexity index is 1180. The van der Waals surface area contributed by atoms with E-state index < -0.39 is 11.9 Å². The lowest BCUT2D eigenvalue weighted by Gasteiger charge is -2.21. The van der Waals surface area contributed by atoms with Gasteiger partial charge in [0, 0.05) is 19.5 Å². The quantitative estimate of drug-likeness (QED) is 0.676. The Morgan fingerprint density at radius 1 is 1.19 bits per heavy atom. The van der Waals surface area contributed by atoms with E-state index in [1.54, 1.807) is 20.4 Å². The Kier molecular flexibility index (Phi) is 5.08. The van der Waals surface area contributed by atoms with Gasteiger partial charge in [0.2, 0.25) is 17.6 Å². The van der Waals surface area contributed by atoms with E-state index in [0.717, 1.165) is 35.5 Å². The lowest BCUT2D eigenvalue weighted by atomic mass is 10.1. The van der Waals surface area contributed by atoms with Crippen LogP contribution in [0.5, 0.6) is 5.88 Å². The van der Waals surface area contributed by atoms with E-state index >= 15 is 0 Å². The van der Waals surface area contributed by atoms with Gasteiger partial charge in [-0.15, -0.1) is 5.10 Å². The number of nitrogens with zero attached hydrogens (tertiary/aromatic N) is 5. The first-order valence-electron chi connectivity index (χ1n) is 10.7. The van der Waals surface area contributed by atoms with Crippen molar-refractivity contribution < 1.29 is 14.3 Å². The molecule has 9 nitrogen and oxygen atoms in total. The number of pyridine rings is 1. The van der Waals surface area contributed by atoms with Gasteiger partial charge in [0.25, 0.3) is 5.91 Å². The van der Waals surface area contributed by atoms with Gasteiger partial charge < -0.3 is 15.0 Å². The second-order valence-corrected chi connectivity index (χ2v) is 8.08. The molecule has 164 valence electrons. The fourth-order valence-corrected chi connectivity index (χ4v) is 4.46. The number of nitrogens with one attached hydrogen (secondary N) is 1. The number of amides is 2. The van der Waals surface area contributed by atoms with E-state index in [1.807, 2.05) is 28.9 Å². The number of anilines is 1. The first-order chi connectivity index (χ1) is 15.5. The SMILES string of the molecule is COc1cc2c(cn1)N(C)C(=O)[C@H](NC(=O)c1nc3n(n1)[C@@H](c1ccccc1)CC3)CC2. The number of carbonyl (C=O) groups excluding carboxylic acids is 2. The molecule has 2 aromatic heterocycles. The van der Waals surface area contributed by atoms with Crippen LogP contribution < -0.4 is 15.0 Å². The van der Waals surface area contributed by atoms with Crippen molar-refractivity contribution in [2.24, 2.45) is 0 Å². The molecule has 0 bridgehead atoms. The molecular weight excluding hydrogens is 408 g/mol. The van der Waals surface area contributed by atoms with Crippen LogP contribution in [0.1, 0.15) is 46.5 Å². The molecule has 0 fully saturated rings. The maximum atomic E-state index is 13.0. The monoisotopic (exact) mass is 432 g/mol. The van der Waals surface area contributed by atoms with Crippen LogP contribution in [-0.4, -0.2) is 51.8 Å². The summed E-state index contributed by atoms with van der Waals surface area (Å²) >= 11 is 0. The second-order valence-electron chi connectivity index (χ2n) is 8.08. The maximum absolute atomic E-state index is 13.0. The summed E-state index contributed by atoms with van der Waals surface area (Å²) < 4.78 is 7.03. The third-order valence-electron chi connectivity index (χ3n) is 6.17. The van der Waals surface area contributed by atoms with E-state index in [0.29, 0.717) is 18.7 Å². The van der Waals surface area contributed by atoms with Crippen LogP contribution in [0.4, 0.5) is 5.69 Å². The van der Waals surface area contributed by atoms with Crippen LogP contribution in [0.3, 0.4) is 0 Å². The molecular formula is C23H24N6O3. The summed E-state index contributed by atoms with van der Waals surface area (Å²) in [4.78, 5) is 36.1. The molecule has 0 saturated heterocycles. The predicted octanol–water partition coefficient (Wildman–Crippen LogP) is 1.92.